The molecule has 0 atom stereocenters. The van der Waals surface area contributed by atoms with E-state index in [1.54, 1.807) is 6.20 Å². The maximum atomic E-state index is 13.7. The van der Waals surface area contributed by atoms with Gasteiger partial charge in [0, 0.05) is 66.8 Å². The van der Waals surface area contributed by atoms with Crippen molar-refractivity contribution in [3.05, 3.63) is 74.8 Å². The number of nitrogens with one attached hydrogen (secondary N) is 3. The lowest BCUT2D eigenvalue weighted by molar-refractivity contribution is -0.125. The molecule has 1 aliphatic carbocycles. The highest BCUT2D eigenvalue weighted by Crippen LogP contribution is 2.42. The van der Waals surface area contributed by atoms with Crippen LogP contribution in [0.1, 0.15) is 71.8 Å². The molecule has 43 heavy (non-hydrogen) atoms. The monoisotopic (exact) mass is 584 g/mol. The molecule has 0 spiro atoms. The van der Waals surface area contributed by atoms with Crippen molar-refractivity contribution in [2.24, 2.45) is 5.41 Å². The Kier molecular flexibility index (Phi) is 9.01. The highest BCUT2D eigenvalue weighted by molar-refractivity contribution is 6.02. The lowest BCUT2D eigenvalue weighted by atomic mass is 9.82. The zero-order valence-corrected chi connectivity index (χ0v) is 26.1. The average Bonchev–Trinajstić information content (AvgIpc) is 3.49. The van der Waals surface area contributed by atoms with Gasteiger partial charge in [0.15, 0.2) is 0 Å². The van der Waals surface area contributed by atoms with Crippen molar-refractivity contribution in [1.29, 1.82) is 0 Å². The molecule has 0 bridgehead atoms. The standard InChI is InChI=1S/C34H44N6O3/c1-6-34(10-7-8-11-34)33(43)38-29-19-26(25-9-12-35-30(20-25)40-15-13-39(5)14-16-40)18-27(24(29)4)31(41)36-21-28-22(2)17-23(3)37-32(28)42/h9,12,17-20H,6-8,10-11,13-16,21H2,1-5H3,(H,36,41)(H,37,42)(H,38,43). The molecule has 1 saturated carbocycles. The van der Waals surface area contributed by atoms with Crippen LogP contribution in [0.5, 0.6) is 0 Å². The molecule has 5 rings (SSSR count). The Morgan fingerprint density at radius 2 is 1.72 bits per heavy atom. The summed E-state index contributed by atoms with van der Waals surface area (Å²) in [5.74, 6) is 0.621. The third-order valence-electron chi connectivity index (χ3n) is 9.45. The Morgan fingerprint density at radius 3 is 2.40 bits per heavy atom. The molecule has 228 valence electrons. The fraction of sp³-hybridized carbons (Fsp3) is 0.471. The van der Waals surface area contributed by atoms with E-state index in [9.17, 15) is 14.4 Å². The number of anilines is 2. The molecule has 2 aromatic heterocycles. The molecule has 0 radical (unpaired) electrons. The number of rotatable bonds is 8. The van der Waals surface area contributed by atoms with Crippen molar-refractivity contribution in [1.82, 2.24) is 20.2 Å². The summed E-state index contributed by atoms with van der Waals surface area (Å²) in [4.78, 5) is 52.0. The van der Waals surface area contributed by atoms with Crippen LogP contribution in [0.2, 0.25) is 0 Å². The third kappa shape index (κ3) is 6.51. The number of aromatic nitrogens is 2. The molecule has 2 amide bonds. The minimum atomic E-state index is -0.375. The Hall–Kier alpha value is -3.98. The fourth-order valence-corrected chi connectivity index (χ4v) is 6.47. The average molecular weight is 585 g/mol. The molecular weight excluding hydrogens is 540 g/mol. The van der Waals surface area contributed by atoms with Gasteiger partial charge in [0.2, 0.25) is 5.91 Å². The first-order chi connectivity index (χ1) is 20.6. The van der Waals surface area contributed by atoms with E-state index in [4.69, 9.17) is 0 Å². The second-order valence-electron chi connectivity index (χ2n) is 12.3. The topological polar surface area (TPSA) is 110 Å². The van der Waals surface area contributed by atoms with Crippen LogP contribution in [0.3, 0.4) is 0 Å². The predicted octanol–water partition coefficient (Wildman–Crippen LogP) is 4.95. The summed E-state index contributed by atoms with van der Waals surface area (Å²) in [5, 5.41) is 6.19. The van der Waals surface area contributed by atoms with Crippen molar-refractivity contribution in [3.63, 3.8) is 0 Å². The Morgan fingerprint density at radius 1 is 1.00 bits per heavy atom. The number of carbonyl (C=O) groups is 2. The van der Waals surface area contributed by atoms with Crippen LogP contribution in [0, 0.1) is 26.2 Å². The first-order valence-corrected chi connectivity index (χ1v) is 15.4. The molecule has 9 heteroatoms. The number of carbonyl (C=O) groups excluding carboxylic acids is 2. The van der Waals surface area contributed by atoms with Gasteiger partial charge in [0.1, 0.15) is 5.82 Å². The van der Waals surface area contributed by atoms with Gasteiger partial charge in [-0.3, -0.25) is 14.4 Å². The fourth-order valence-electron chi connectivity index (χ4n) is 6.47. The highest BCUT2D eigenvalue weighted by Gasteiger charge is 2.39. The number of amides is 2. The van der Waals surface area contributed by atoms with E-state index in [2.05, 4.69) is 50.4 Å². The summed E-state index contributed by atoms with van der Waals surface area (Å²) in [6, 6.07) is 9.75. The van der Waals surface area contributed by atoms with Gasteiger partial charge in [-0.25, -0.2) is 4.98 Å². The molecule has 2 fully saturated rings. The number of piperazine rings is 1. The maximum absolute atomic E-state index is 13.7. The lowest BCUT2D eigenvalue weighted by Crippen LogP contribution is -2.44. The van der Waals surface area contributed by atoms with Crippen LogP contribution in [0.15, 0.2) is 41.3 Å². The van der Waals surface area contributed by atoms with Crippen molar-refractivity contribution in [3.8, 4) is 11.1 Å². The molecule has 9 nitrogen and oxygen atoms in total. The molecular formula is C34H44N6O3. The van der Waals surface area contributed by atoms with Gasteiger partial charge in [-0.05, 0) is 99.7 Å². The van der Waals surface area contributed by atoms with Crippen LogP contribution >= 0.6 is 0 Å². The van der Waals surface area contributed by atoms with Crippen LogP contribution in [-0.4, -0.2) is 59.9 Å². The molecule has 1 saturated heterocycles. The number of H-pyrrole nitrogens is 1. The van der Waals surface area contributed by atoms with Crippen LogP contribution in [-0.2, 0) is 11.3 Å². The number of aryl methyl sites for hydroxylation is 2. The van der Waals surface area contributed by atoms with E-state index in [1.165, 1.54) is 0 Å². The molecule has 3 aromatic rings. The summed E-state index contributed by atoms with van der Waals surface area (Å²) in [5.41, 5.74) is 5.09. The smallest absolute Gasteiger partial charge is 0.253 e. The number of hydrogen-bond donors (Lipinski definition) is 3. The zero-order valence-electron chi connectivity index (χ0n) is 26.1. The van der Waals surface area contributed by atoms with Crippen molar-refractivity contribution in [2.75, 3.05) is 43.4 Å². The van der Waals surface area contributed by atoms with Gasteiger partial charge in [0.25, 0.3) is 11.5 Å². The van der Waals surface area contributed by atoms with E-state index >= 15 is 0 Å². The number of hydrogen-bond acceptors (Lipinski definition) is 6. The normalized spacial score (nSPS) is 16.7. The van der Waals surface area contributed by atoms with Crippen molar-refractivity contribution in [2.45, 2.75) is 66.3 Å². The second kappa shape index (κ2) is 12.7. The van der Waals surface area contributed by atoms with Gasteiger partial charge in [-0.1, -0.05) is 19.8 Å². The SMILES string of the molecule is CCC1(C(=O)Nc2cc(-c3ccnc(N4CCN(C)CC4)c3)cc(C(=O)NCc3c(C)cc(C)[nH]c3=O)c2C)CCCC1. The van der Waals surface area contributed by atoms with E-state index in [-0.39, 0.29) is 29.3 Å². The summed E-state index contributed by atoms with van der Waals surface area (Å²) >= 11 is 0. The van der Waals surface area contributed by atoms with Crippen LogP contribution in [0.25, 0.3) is 11.1 Å². The summed E-state index contributed by atoms with van der Waals surface area (Å²) in [6.07, 6.45) is 6.45. The largest absolute Gasteiger partial charge is 0.354 e. The van der Waals surface area contributed by atoms with Gasteiger partial charge in [-0.15, -0.1) is 0 Å². The van der Waals surface area contributed by atoms with Gasteiger partial charge in [-0.2, -0.15) is 0 Å². The van der Waals surface area contributed by atoms with Gasteiger partial charge >= 0.3 is 0 Å². The summed E-state index contributed by atoms with van der Waals surface area (Å²) < 4.78 is 0. The van der Waals surface area contributed by atoms with Crippen LogP contribution < -0.4 is 21.1 Å². The summed E-state index contributed by atoms with van der Waals surface area (Å²) in [6.45, 7) is 11.5. The summed E-state index contributed by atoms with van der Waals surface area (Å²) in [7, 11) is 2.13. The van der Waals surface area contributed by atoms with Crippen molar-refractivity contribution >= 4 is 23.3 Å². The van der Waals surface area contributed by atoms with Gasteiger partial charge < -0.3 is 25.4 Å². The Balaban J connectivity index is 1.50. The molecule has 2 aliphatic rings. The molecule has 3 N–H and O–H groups in total. The maximum Gasteiger partial charge on any atom is 0.253 e. The number of likely N-dealkylation sites (N-methyl/N-ethyl adjacent to an activating group) is 1. The van der Waals surface area contributed by atoms with Crippen molar-refractivity contribution < 1.29 is 9.59 Å². The van der Waals surface area contributed by atoms with Crippen LogP contribution in [0.4, 0.5) is 11.5 Å². The van der Waals surface area contributed by atoms with E-state index in [1.807, 2.05) is 45.0 Å². The minimum absolute atomic E-state index is 0.0220. The third-order valence-corrected chi connectivity index (χ3v) is 9.45. The molecule has 1 aromatic carbocycles. The van der Waals surface area contributed by atoms with E-state index in [0.717, 1.165) is 86.5 Å². The number of benzene rings is 1. The first-order valence-electron chi connectivity index (χ1n) is 15.4. The Labute approximate surface area is 254 Å². The number of pyridine rings is 2. The number of nitrogens with zero attached hydrogens (tertiary/aromatic N) is 3. The second-order valence-corrected chi connectivity index (χ2v) is 12.3. The molecule has 0 unspecified atom stereocenters. The zero-order chi connectivity index (χ0) is 30.7. The Bertz CT molecular complexity index is 1560. The molecule has 1 aliphatic heterocycles. The predicted molar refractivity (Wildman–Crippen MR) is 172 cm³/mol. The van der Waals surface area contributed by atoms with Gasteiger partial charge in [0.05, 0.1) is 0 Å². The van der Waals surface area contributed by atoms with E-state index in [0.29, 0.717) is 22.4 Å². The first kappa shape index (κ1) is 30.5. The highest BCUT2D eigenvalue weighted by atomic mass is 16.2. The lowest BCUT2D eigenvalue weighted by Gasteiger charge is -2.33. The minimum Gasteiger partial charge on any atom is -0.354 e. The number of aromatic amines is 1. The van der Waals surface area contributed by atoms with E-state index < -0.39 is 0 Å². The molecule has 3 heterocycles. The quantitative estimate of drug-likeness (QED) is 0.346.